The predicted octanol–water partition coefficient (Wildman–Crippen LogP) is -2.00. The van der Waals surface area contributed by atoms with Crippen molar-refractivity contribution in [1.29, 1.82) is 0 Å². The minimum absolute atomic E-state index is 0. The summed E-state index contributed by atoms with van der Waals surface area (Å²) in [7, 11) is 5.02. The molecule has 0 spiro atoms. The number of carboxylic acids is 1. The van der Waals surface area contributed by atoms with Gasteiger partial charge in [0.05, 0.1) is 42.4 Å². The van der Waals surface area contributed by atoms with E-state index in [0.29, 0.717) is 54.0 Å². The number of hydrogen-bond acceptors (Lipinski definition) is 6. The molecule has 1 fully saturated rings. The molecule has 0 unspecified atom stereocenters. The number of piperidine rings is 1. The van der Waals surface area contributed by atoms with Crippen LogP contribution in [0.2, 0.25) is 0 Å². The minimum Gasteiger partial charge on any atom is -0.543 e. The van der Waals surface area contributed by atoms with Gasteiger partial charge in [-0.2, -0.15) is 10.2 Å². The Bertz CT molecular complexity index is 1060. The number of aromatic nitrogens is 4. The summed E-state index contributed by atoms with van der Waals surface area (Å²) < 4.78 is 24.1. The second-order valence-electron chi connectivity index (χ2n) is 7.24. The Balaban J connectivity index is 0.00000240. The van der Waals surface area contributed by atoms with Crippen molar-refractivity contribution in [1.82, 2.24) is 24.3 Å². The van der Waals surface area contributed by atoms with E-state index in [1.54, 1.807) is 23.0 Å². The van der Waals surface area contributed by atoms with Crippen LogP contribution in [0.4, 0.5) is 4.39 Å². The summed E-state index contributed by atoms with van der Waals surface area (Å²) in [6.45, 7) is 1.32. The molecule has 0 aromatic carbocycles. The third-order valence-corrected chi connectivity index (χ3v) is 5.47. The van der Waals surface area contributed by atoms with Crippen molar-refractivity contribution in [3.05, 3.63) is 35.8 Å². The molecule has 0 amide bonds. The average molecular weight is 393 g/mol. The van der Waals surface area contributed by atoms with Gasteiger partial charge in [0.2, 0.25) is 0 Å². The first-order valence-corrected chi connectivity index (χ1v) is 9.01. The smallest absolute Gasteiger partial charge is 0.543 e. The van der Waals surface area contributed by atoms with Gasteiger partial charge in [-0.25, -0.2) is 8.91 Å². The summed E-state index contributed by atoms with van der Waals surface area (Å²) >= 11 is 0. The molecule has 1 aliphatic rings. The molecular weight excluding hydrogens is 372 g/mol. The fourth-order valence-corrected chi connectivity index (χ4v) is 3.75. The van der Waals surface area contributed by atoms with Crippen LogP contribution >= 0.6 is 0 Å². The minimum atomic E-state index is -1.50. The number of fused-ring (bicyclic) bond motifs is 1. The standard InChI is InChI=1S/C19H22FN5O3.Li/c1-23-6-4-19(20,5-7-23)13-8-15-12(10-21-25(15)11-17(13)28-3)14-9-16(18(26)27)24(2)22-14;/h8-11H,4-7H2,1-3H3,(H,26,27);/q;+1/p-1. The van der Waals surface area contributed by atoms with Crippen LogP contribution in [0.1, 0.15) is 28.9 Å². The number of aromatic carboxylic acids is 1. The Morgan fingerprint density at radius 2 is 1.97 bits per heavy atom. The largest absolute Gasteiger partial charge is 1.00 e. The first-order chi connectivity index (χ1) is 13.3. The third-order valence-electron chi connectivity index (χ3n) is 5.47. The molecule has 4 heterocycles. The number of hydrogen-bond donors (Lipinski definition) is 0. The van der Waals surface area contributed by atoms with Crippen molar-refractivity contribution in [3.8, 4) is 17.0 Å². The van der Waals surface area contributed by atoms with E-state index < -0.39 is 11.6 Å². The van der Waals surface area contributed by atoms with Crippen LogP contribution in [0.5, 0.6) is 5.75 Å². The second-order valence-corrected chi connectivity index (χ2v) is 7.24. The van der Waals surface area contributed by atoms with Crippen molar-refractivity contribution < 1.29 is 37.9 Å². The molecule has 0 saturated carbocycles. The maximum Gasteiger partial charge on any atom is 1.00 e. The number of carboxylic acid groups (broad SMARTS) is 1. The maximum absolute atomic E-state index is 15.8. The van der Waals surface area contributed by atoms with Crippen molar-refractivity contribution in [2.24, 2.45) is 7.05 Å². The number of halogens is 1. The summed E-state index contributed by atoms with van der Waals surface area (Å²) in [5, 5.41) is 19.8. The van der Waals surface area contributed by atoms with Gasteiger partial charge in [0.1, 0.15) is 11.4 Å². The Labute approximate surface area is 179 Å². The SMILES string of the molecule is COc1cn2ncc(-c3cc(C(=O)[O-])n(C)n3)c2cc1C1(F)CCN(C)CC1.[Li+]. The van der Waals surface area contributed by atoms with Gasteiger partial charge in [0, 0.05) is 31.3 Å². The zero-order chi connectivity index (χ0) is 20.1. The van der Waals surface area contributed by atoms with E-state index in [1.807, 2.05) is 7.05 Å². The van der Waals surface area contributed by atoms with Crippen molar-refractivity contribution in [2.45, 2.75) is 18.5 Å². The predicted molar refractivity (Wildman–Crippen MR) is 97.8 cm³/mol. The van der Waals surface area contributed by atoms with Crippen molar-refractivity contribution in [3.63, 3.8) is 0 Å². The van der Waals surface area contributed by atoms with Gasteiger partial charge < -0.3 is 19.5 Å². The number of rotatable bonds is 4. The molecule has 4 rings (SSSR count). The van der Waals surface area contributed by atoms with E-state index in [4.69, 9.17) is 4.74 Å². The first-order valence-electron chi connectivity index (χ1n) is 9.01. The molecule has 0 radical (unpaired) electrons. The Morgan fingerprint density at radius 3 is 2.55 bits per heavy atom. The second kappa shape index (κ2) is 7.82. The van der Waals surface area contributed by atoms with Gasteiger partial charge in [-0.1, -0.05) is 0 Å². The molecule has 0 bridgehead atoms. The van der Waals surface area contributed by atoms with Gasteiger partial charge in [0.15, 0.2) is 0 Å². The molecular formula is C19H21FLiN5O3. The molecule has 1 saturated heterocycles. The quantitative estimate of drug-likeness (QED) is 0.477. The monoisotopic (exact) mass is 393 g/mol. The Kier molecular flexibility index (Phi) is 5.76. The van der Waals surface area contributed by atoms with E-state index >= 15 is 4.39 Å². The number of nitrogens with zero attached hydrogens (tertiary/aromatic N) is 5. The van der Waals surface area contributed by atoms with E-state index in [-0.39, 0.29) is 24.6 Å². The van der Waals surface area contributed by atoms with Crippen LogP contribution in [0.3, 0.4) is 0 Å². The number of alkyl halides is 1. The number of methoxy groups -OCH3 is 1. The summed E-state index contributed by atoms with van der Waals surface area (Å²) in [6, 6.07) is 3.16. The molecule has 3 aromatic heterocycles. The average Bonchev–Trinajstić information content (AvgIpc) is 3.26. The molecule has 0 atom stereocenters. The summed E-state index contributed by atoms with van der Waals surface area (Å²) in [4.78, 5) is 13.3. The third kappa shape index (κ3) is 3.66. The van der Waals surface area contributed by atoms with Crippen LogP contribution in [0, 0.1) is 0 Å². The van der Waals surface area contributed by atoms with E-state index in [0.717, 1.165) is 0 Å². The Hall–Kier alpha value is -2.34. The van der Waals surface area contributed by atoms with Crippen LogP contribution in [0.15, 0.2) is 24.5 Å². The fourth-order valence-electron chi connectivity index (χ4n) is 3.75. The number of carbonyl (C=O) groups excluding carboxylic acids is 1. The molecule has 10 heteroatoms. The zero-order valence-corrected chi connectivity index (χ0v) is 17.0. The van der Waals surface area contributed by atoms with Crippen LogP contribution in [-0.2, 0) is 12.7 Å². The van der Waals surface area contributed by atoms with Crippen LogP contribution in [0.25, 0.3) is 16.8 Å². The van der Waals surface area contributed by atoms with Crippen LogP contribution < -0.4 is 28.7 Å². The van der Waals surface area contributed by atoms with Crippen molar-refractivity contribution in [2.75, 3.05) is 27.2 Å². The first kappa shape index (κ1) is 21.4. The molecule has 3 aromatic rings. The number of likely N-dealkylation sites (tertiary alicyclic amines) is 1. The van der Waals surface area contributed by atoms with Crippen LogP contribution in [-0.4, -0.2) is 57.5 Å². The Morgan fingerprint density at radius 1 is 1.28 bits per heavy atom. The van der Waals surface area contributed by atoms with Gasteiger partial charge in [-0.15, -0.1) is 0 Å². The topological polar surface area (TPSA) is 87.7 Å². The van der Waals surface area contributed by atoms with Crippen molar-refractivity contribution >= 4 is 11.5 Å². The summed E-state index contributed by atoms with van der Waals surface area (Å²) in [6.07, 6.45) is 3.98. The van der Waals surface area contributed by atoms with E-state index in [1.165, 1.54) is 24.9 Å². The van der Waals surface area contributed by atoms with E-state index in [9.17, 15) is 9.90 Å². The van der Waals surface area contributed by atoms with E-state index in [2.05, 4.69) is 15.1 Å². The molecule has 29 heavy (non-hydrogen) atoms. The molecule has 1 aliphatic heterocycles. The zero-order valence-electron chi connectivity index (χ0n) is 17.0. The summed E-state index contributed by atoms with van der Waals surface area (Å²) in [5.41, 5.74) is 0.623. The molecule has 148 valence electrons. The molecule has 8 nitrogen and oxygen atoms in total. The molecule has 0 aliphatic carbocycles. The fraction of sp³-hybridized carbons (Fsp3) is 0.421. The normalized spacial score (nSPS) is 16.6. The summed E-state index contributed by atoms with van der Waals surface area (Å²) in [5.74, 6) is -0.875. The van der Waals surface area contributed by atoms with Gasteiger partial charge in [-0.05, 0) is 32.0 Å². The molecule has 0 N–H and O–H groups in total. The van der Waals surface area contributed by atoms with Gasteiger partial charge >= 0.3 is 18.9 Å². The van der Waals surface area contributed by atoms with Gasteiger partial charge in [0.25, 0.3) is 0 Å². The maximum atomic E-state index is 15.8. The number of pyridine rings is 1. The number of aryl methyl sites for hydroxylation is 1. The van der Waals surface area contributed by atoms with Gasteiger partial charge in [-0.3, -0.25) is 4.68 Å². The number of carbonyl (C=O) groups is 1. The number of ether oxygens (including phenoxy) is 1.